The van der Waals surface area contributed by atoms with Gasteiger partial charge in [-0.25, -0.2) is 41.8 Å². The van der Waals surface area contributed by atoms with Gasteiger partial charge in [-0.1, -0.05) is 111 Å². The second-order valence-electron chi connectivity index (χ2n) is 28.8. The Kier molecular flexibility index (Phi) is 37.6. The van der Waals surface area contributed by atoms with E-state index < -0.39 is 136 Å². The number of nitrogens with zero attached hydrogens (tertiary/aromatic N) is 6. The Morgan fingerprint density at radius 3 is 1.53 bits per heavy atom. The molecule has 0 spiro atoms. The molecular formula is C73H89N11O36P6S4. The molecule has 6 aromatic rings. The number of nitrogens with one attached hydrogen (secondary N) is 1. The van der Waals surface area contributed by atoms with Gasteiger partial charge in [0.1, 0.15) is 72.7 Å². The summed E-state index contributed by atoms with van der Waals surface area (Å²) >= 11 is 0. The van der Waals surface area contributed by atoms with Crippen LogP contribution in [0.5, 0.6) is 0 Å². The number of phosphoric acid groups is 6. The smallest absolute Gasteiger partial charge is 0.478 e. The van der Waals surface area contributed by atoms with E-state index in [-0.39, 0.29) is 125 Å². The molecule has 57 heteroatoms. The molecule has 2 saturated heterocycles. The van der Waals surface area contributed by atoms with Crippen molar-refractivity contribution in [3.05, 3.63) is 194 Å². The average molecular weight is 2010 g/mol. The second-order valence-corrected chi connectivity index (χ2v) is 43.6. The number of carboxylic acids is 1. The molecule has 130 heavy (non-hydrogen) atoms. The van der Waals surface area contributed by atoms with Gasteiger partial charge in [0.2, 0.25) is 0 Å². The van der Waals surface area contributed by atoms with Crippen LogP contribution in [0.15, 0.2) is 117 Å². The van der Waals surface area contributed by atoms with Gasteiger partial charge in [0.15, 0.2) is 5.78 Å². The molecule has 10 atom stereocenters. The number of benzene rings is 5. The van der Waals surface area contributed by atoms with Gasteiger partial charge in [-0.05, 0) is 96.0 Å². The molecule has 706 valence electrons. The zero-order valence-electron chi connectivity index (χ0n) is 68.3. The minimum absolute atomic E-state index is 0. The Bertz CT molecular complexity index is 6140. The number of ether oxygens (including phenoxy) is 6. The molecule has 2 aromatic heterocycles. The van der Waals surface area contributed by atoms with Crippen LogP contribution in [0.3, 0.4) is 0 Å². The zero-order valence-corrected chi connectivity index (χ0v) is 77.0. The Balaban J connectivity index is 0.000000353. The summed E-state index contributed by atoms with van der Waals surface area (Å²) in [6.45, 7) is 9.12. The fourth-order valence-electron chi connectivity index (χ4n) is 12.1. The number of aryl methyl sites for hydroxylation is 1. The van der Waals surface area contributed by atoms with E-state index in [1.807, 2.05) is 27.7 Å². The normalized spacial score (nSPS) is 18.3. The lowest BCUT2D eigenvalue weighted by atomic mass is 9.87. The summed E-state index contributed by atoms with van der Waals surface area (Å²) in [5.74, 6) is 10.0. The number of hydrogen-bond acceptors (Lipinski definition) is 38. The van der Waals surface area contributed by atoms with Crippen molar-refractivity contribution in [3.8, 4) is 46.1 Å². The van der Waals surface area contributed by atoms with Gasteiger partial charge in [-0.15, -0.1) is 0 Å². The number of fused-ring (bicyclic) bond motifs is 2. The van der Waals surface area contributed by atoms with Crippen LogP contribution in [-0.2, 0) is 95.3 Å². The third-order valence-electron chi connectivity index (χ3n) is 18.4. The summed E-state index contributed by atoms with van der Waals surface area (Å²) in [7, 11) is -28.4. The lowest BCUT2D eigenvalue weighted by Crippen LogP contribution is -2.29. The van der Waals surface area contributed by atoms with E-state index >= 15 is 0 Å². The van der Waals surface area contributed by atoms with Crippen molar-refractivity contribution in [2.75, 3.05) is 62.1 Å². The summed E-state index contributed by atoms with van der Waals surface area (Å²) in [5, 5.41) is 42.8. The molecule has 4 aliphatic rings. The van der Waals surface area contributed by atoms with Crippen LogP contribution in [0.4, 0.5) is 28.7 Å². The number of nitrogen functional groups attached to an aromatic ring is 3. The number of nitro groups is 2. The molecule has 2 fully saturated rings. The van der Waals surface area contributed by atoms with Crippen LogP contribution in [0, 0.1) is 63.2 Å². The van der Waals surface area contributed by atoms with Gasteiger partial charge < -0.3 is 105 Å². The van der Waals surface area contributed by atoms with Gasteiger partial charge in [0, 0.05) is 98.7 Å². The van der Waals surface area contributed by atoms with Crippen molar-refractivity contribution in [1.82, 2.24) is 19.1 Å². The SMILES string of the molecule is C.CC(C)(CN)SSCOCC#Cc1cn([C@H]2CC(OCc3ccccc3[N+](=O)[O-])[C@@H](COP(=O)(O)OP(=O)(O)OP(=O)(O)O)O2)c(=O)nc1N.Cc1c2oc3c(C)c(N)ccc3c(-c3ccc(C(=O)CCC(C)(C)SSCOCC#Cc4cn([C@H]5CC(OCc6ccccc6[N+](=O)[O-])[C@@H](COP(=O)(O)OP(=O)(O)OP(=O)(O)O)O5)c(=O)nc4N)cc3C(=O)O)c-2ccc1=N. The molecule has 18 N–H and O–H groups in total. The number of anilines is 3. The van der Waals surface area contributed by atoms with Crippen LogP contribution >= 0.6 is 90.1 Å². The first-order valence-corrected chi connectivity index (χ1v) is 50.9. The predicted molar refractivity (Wildman–Crippen MR) is 474 cm³/mol. The number of nitrogens with two attached hydrogens (primary N) is 4. The number of Topliss-reactive ketones (excluding diaryl/α,β-unsaturated/α-hetero) is 1. The lowest BCUT2D eigenvalue weighted by molar-refractivity contribution is -0.386. The Hall–Kier alpha value is -8.27. The molecule has 5 heterocycles. The van der Waals surface area contributed by atoms with Crippen LogP contribution in [0.25, 0.3) is 33.4 Å². The molecule has 4 aromatic carbocycles. The number of para-hydroxylation sites is 2. The van der Waals surface area contributed by atoms with Gasteiger partial charge in [-0.3, -0.25) is 43.2 Å². The highest BCUT2D eigenvalue weighted by Gasteiger charge is 2.47. The van der Waals surface area contributed by atoms with Crippen molar-refractivity contribution in [2.24, 2.45) is 5.73 Å². The fourth-order valence-corrected chi connectivity index (χ4v) is 22.6. The van der Waals surface area contributed by atoms with E-state index in [1.165, 1.54) is 99.4 Å². The Morgan fingerprint density at radius 1 is 0.631 bits per heavy atom. The van der Waals surface area contributed by atoms with E-state index in [4.69, 9.17) is 89.8 Å². The van der Waals surface area contributed by atoms with Crippen molar-refractivity contribution >= 4 is 142 Å². The average Bonchev–Trinajstić information content (AvgIpc) is 0.938. The third-order valence-corrected chi connectivity index (χ3v) is 32.0. The van der Waals surface area contributed by atoms with Gasteiger partial charge in [0.05, 0.1) is 81.7 Å². The fraction of sp³-hybridized carbons (Fsp3) is 0.384. The number of hydrogen-bond donors (Lipinski definition) is 14. The summed E-state index contributed by atoms with van der Waals surface area (Å²) < 4.78 is 137. The van der Waals surface area contributed by atoms with Crippen molar-refractivity contribution in [2.45, 2.75) is 134 Å². The highest BCUT2D eigenvalue weighted by Crippen LogP contribution is 2.68. The van der Waals surface area contributed by atoms with E-state index in [0.717, 1.165) is 9.13 Å². The number of nitro benzene ring substituents is 2. The molecule has 47 nitrogen and oxygen atoms in total. The van der Waals surface area contributed by atoms with Crippen LogP contribution in [0.1, 0.15) is 127 Å². The Labute approximate surface area is 754 Å². The van der Waals surface area contributed by atoms with Crippen molar-refractivity contribution in [1.29, 1.82) is 5.41 Å². The van der Waals surface area contributed by atoms with Crippen molar-refractivity contribution in [3.63, 3.8) is 0 Å². The lowest BCUT2D eigenvalue weighted by Gasteiger charge is -2.23. The molecule has 10 rings (SSSR count). The van der Waals surface area contributed by atoms with E-state index in [1.54, 1.807) is 61.0 Å². The number of ketones is 1. The van der Waals surface area contributed by atoms with Gasteiger partial charge in [0.25, 0.3) is 11.4 Å². The summed E-state index contributed by atoms with van der Waals surface area (Å²) in [5.41, 5.74) is 25.8. The molecule has 0 saturated carbocycles. The molecule has 1 aliphatic carbocycles. The minimum Gasteiger partial charge on any atom is -0.478 e. The molecule has 0 radical (unpaired) electrons. The first kappa shape index (κ1) is 107. The Morgan fingerprint density at radius 2 is 1.08 bits per heavy atom. The third kappa shape index (κ3) is 30.9. The quantitative estimate of drug-likeness (QED) is 0.00162. The largest absolute Gasteiger partial charge is 0.490 e. The highest BCUT2D eigenvalue weighted by molar-refractivity contribution is 8.77. The maximum atomic E-state index is 13.6. The maximum Gasteiger partial charge on any atom is 0.490 e. The first-order valence-electron chi connectivity index (χ1n) is 37.2. The topological polar surface area (TPSA) is 727 Å². The van der Waals surface area contributed by atoms with Crippen LogP contribution < -0.4 is 39.7 Å². The molecule has 0 amide bonds. The van der Waals surface area contributed by atoms with E-state index in [0.29, 0.717) is 69.1 Å². The first-order chi connectivity index (χ1) is 60.2. The number of carboxylic acid groups (broad SMARTS) is 1. The number of carbonyl (C=O) groups excluding carboxylic acids is 1. The standard InChI is InChI=1S/C48H51N6O20P3S2.C24H34N5O16P3S2.CH4/c1-26-35(49)15-13-32-42(33-14-16-36(50)27(2)44(33)72-43(26)32)31-12-11-28(20-34(31)46(56)57)38(55)17-18-48(3,4)79-78-25-68-19-7-9-29-22-53(47(58)52-45(29)51)41-21-39(69-23-30-8-5-6-10-37(30)54(59)60)40(71-41)24-70-76(64,65)74-77(66,67)73-75(61,62)63;1-24(2,14-25)50-49-15-40-9-5-7-16-11-28(23(30)27-22(16)26)21-10-19(41-12-17-6-3-4-8-18(17)29(31)32)20(43-21)13-42-47(36,37)45-48(38,39)44-46(33,34)35;/h5-6,8,10-16,20,22,39-41,49H,17-19,21,23-25,50H2,1-4H3,(H,56,57)(H,64,65)(H,66,67)(H2,51,52,58)(H2,61,62,63);3-4,6,8,11,19-21H,9-10,12-15,25H2,1-2H3,(H,36,37)(H,38,39)(H2,26,27,30)(H2,33,34,35);1H4/t39?,40-,41-;19?,20-,21-;/m11./s1. The number of aromatic carboxylic acids is 1. The summed E-state index contributed by atoms with van der Waals surface area (Å²) in [6, 6.07) is 22.6. The monoisotopic (exact) mass is 2010 g/mol. The minimum atomic E-state index is -5.88. The second kappa shape index (κ2) is 45.6. The number of aromatic nitrogens is 4. The number of phosphoric ester groups is 2. The highest BCUT2D eigenvalue weighted by atomic mass is 33.1. The number of rotatable bonds is 41. The van der Waals surface area contributed by atoms with Crippen LogP contribution in [-0.4, -0.2) is 164 Å². The summed E-state index contributed by atoms with van der Waals surface area (Å²) in [4.78, 5) is 156. The van der Waals surface area contributed by atoms with Gasteiger partial charge >= 0.3 is 64.3 Å². The maximum absolute atomic E-state index is 13.6. The molecule has 3 aliphatic heterocycles. The molecule has 6 unspecified atom stereocenters. The zero-order chi connectivity index (χ0) is 95.1. The van der Waals surface area contributed by atoms with E-state index in [9.17, 15) is 91.5 Å². The van der Waals surface area contributed by atoms with Crippen molar-refractivity contribution < 1.29 is 150 Å². The van der Waals surface area contributed by atoms with Gasteiger partial charge in [-0.2, -0.15) is 27.2 Å². The van der Waals surface area contributed by atoms with E-state index in [2.05, 4.69) is 50.9 Å². The predicted octanol–water partition coefficient (Wildman–Crippen LogP) is 11.0. The summed E-state index contributed by atoms with van der Waals surface area (Å²) in [6.07, 6.45) is -4.92. The molecule has 0 bridgehead atoms. The molecular weight excluding hydrogens is 1920 g/mol. The number of carbonyl (C=O) groups is 2. The van der Waals surface area contributed by atoms with Crippen LogP contribution in [0.2, 0.25) is 0 Å².